The van der Waals surface area contributed by atoms with Crippen molar-refractivity contribution in [2.45, 2.75) is 64.5 Å². The molecule has 1 heterocycles. The van der Waals surface area contributed by atoms with Gasteiger partial charge in [0.25, 0.3) is 0 Å². The van der Waals surface area contributed by atoms with E-state index < -0.39 is 5.60 Å². The summed E-state index contributed by atoms with van der Waals surface area (Å²) in [6.45, 7) is 8.41. The Morgan fingerprint density at radius 3 is 2.76 bits per heavy atom. The van der Waals surface area contributed by atoms with Crippen molar-refractivity contribution in [1.29, 1.82) is 0 Å². The third kappa shape index (κ3) is 8.57. The maximum atomic E-state index is 12.2. The molecule has 1 amide bonds. The standard InChI is InChI=1S/C16H32N2O2S/c1-16(2,3)20-15(19)18-11-7-5-9-14(13-18)17-10-6-8-12-21-4/h14,17H,5-13H2,1-4H3. The third-order valence-electron chi connectivity index (χ3n) is 3.53. The van der Waals surface area contributed by atoms with Gasteiger partial charge in [0, 0.05) is 19.1 Å². The summed E-state index contributed by atoms with van der Waals surface area (Å²) in [7, 11) is 0. The Kier molecular flexibility index (Phi) is 8.49. The largest absolute Gasteiger partial charge is 0.444 e. The third-order valence-corrected chi connectivity index (χ3v) is 4.23. The fourth-order valence-electron chi connectivity index (χ4n) is 2.48. The van der Waals surface area contributed by atoms with Crippen molar-refractivity contribution in [3.63, 3.8) is 0 Å². The van der Waals surface area contributed by atoms with Crippen LogP contribution in [0.15, 0.2) is 0 Å². The van der Waals surface area contributed by atoms with Gasteiger partial charge in [0.1, 0.15) is 5.60 Å². The first-order valence-corrected chi connectivity index (χ1v) is 9.52. The number of amides is 1. The van der Waals surface area contributed by atoms with Crippen molar-refractivity contribution in [1.82, 2.24) is 10.2 Å². The first-order chi connectivity index (χ1) is 9.92. The second kappa shape index (κ2) is 9.57. The monoisotopic (exact) mass is 316 g/mol. The number of hydrogen-bond acceptors (Lipinski definition) is 4. The lowest BCUT2D eigenvalue weighted by atomic mass is 10.1. The van der Waals surface area contributed by atoms with E-state index in [-0.39, 0.29) is 6.09 Å². The van der Waals surface area contributed by atoms with Crippen molar-refractivity contribution in [3.8, 4) is 0 Å². The highest BCUT2D eigenvalue weighted by molar-refractivity contribution is 7.98. The maximum Gasteiger partial charge on any atom is 0.410 e. The number of hydrogen-bond donors (Lipinski definition) is 1. The molecule has 1 aliphatic heterocycles. The van der Waals surface area contributed by atoms with Gasteiger partial charge in [-0.1, -0.05) is 6.42 Å². The molecule has 1 aliphatic rings. The molecule has 0 aromatic heterocycles. The fraction of sp³-hybridized carbons (Fsp3) is 0.938. The van der Waals surface area contributed by atoms with Gasteiger partial charge >= 0.3 is 6.09 Å². The van der Waals surface area contributed by atoms with Crippen LogP contribution in [0, 0.1) is 0 Å². The smallest absolute Gasteiger partial charge is 0.410 e. The Hall–Kier alpha value is -0.420. The van der Waals surface area contributed by atoms with E-state index >= 15 is 0 Å². The van der Waals surface area contributed by atoms with Crippen LogP contribution >= 0.6 is 11.8 Å². The van der Waals surface area contributed by atoms with Crippen LogP contribution in [0.3, 0.4) is 0 Å². The number of likely N-dealkylation sites (tertiary alicyclic amines) is 1. The molecule has 1 fully saturated rings. The highest BCUT2D eigenvalue weighted by atomic mass is 32.2. The molecule has 21 heavy (non-hydrogen) atoms. The fourth-order valence-corrected chi connectivity index (χ4v) is 2.97. The molecule has 1 saturated heterocycles. The summed E-state index contributed by atoms with van der Waals surface area (Å²) < 4.78 is 5.50. The number of thioether (sulfide) groups is 1. The Morgan fingerprint density at radius 1 is 1.33 bits per heavy atom. The van der Waals surface area contributed by atoms with Crippen molar-refractivity contribution in [2.24, 2.45) is 0 Å². The van der Waals surface area contributed by atoms with E-state index in [2.05, 4.69) is 11.6 Å². The number of unbranched alkanes of at least 4 members (excludes halogenated alkanes) is 1. The number of rotatable bonds is 6. The van der Waals surface area contributed by atoms with Gasteiger partial charge in [-0.25, -0.2) is 4.79 Å². The minimum atomic E-state index is -0.413. The Morgan fingerprint density at radius 2 is 2.10 bits per heavy atom. The van der Waals surface area contributed by atoms with Crippen molar-refractivity contribution < 1.29 is 9.53 Å². The van der Waals surface area contributed by atoms with Crippen LogP contribution in [0.2, 0.25) is 0 Å². The normalized spacial score (nSPS) is 20.2. The van der Waals surface area contributed by atoms with Crippen LogP contribution in [-0.4, -0.2) is 54.3 Å². The number of nitrogens with one attached hydrogen (secondary N) is 1. The number of carbonyl (C=O) groups is 1. The van der Waals surface area contributed by atoms with Gasteiger partial charge in [-0.3, -0.25) is 0 Å². The quantitative estimate of drug-likeness (QED) is 0.761. The lowest BCUT2D eigenvalue weighted by Gasteiger charge is -2.28. The summed E-state index contributed by atoms with van der Waals surface area (Å²) in [5.74, 6) is 1.23. The molecule has 0 saturated carbocycles. The predicted molar refractivity (Wildman–Crippen MR) is 91.1 cm³/mol. The predicted octanol–water partition coefficient (Wildman–Crippen LogP) is 3.51. The van der Waals surface area contributed by atoms with Crippen LogP contribution in [-0.2, 0) is 4.74 Å². The number of carbonyl (C=O) groups excluding carboxylic acids is 1. The number of nitrogens with zero attached hydrogens (tertiary/aromatic N) is 1. The lowest BCUT2D eigenvalue weighted by molar-refractivity contribution is 0.0244. The molecule has 0 radical (unpaired) electrons. The van der Waals surface area contributed by atoms with Gasteiger partial charge in [0.15, 0.2) is 0 Å². The van der Waals surface area contributed by atoms with Crippen molar-refractivity contribution in [2.75, 3.05) is 31.6 Å². The lowest BCUT2D eigenvalue weighted by Crippen LogP contribution is -2.44. The molecule has 1 atom stereocenters. The zero-order valence-electron chi connectivity index (χ0n) is 14.1. The highest BCUT2D eigenvalue weighted by Crippen LogP contribution is 2.15. The average Bonchev–Trinajstić information content (AvgIpc) is 2.62. The molecule has 5 heteroatoms. The molecule has 1 rings (SSSR count). The molecular formula is C16H32N2O2S. The van der Waals surface area contributed by atoms with E-state index in [1.54, 1.807) is 0 Å². The summed E-state index contributed by atoms with van der Waals surface area (Å²) in [5, 5.41) is 3.61. The Balaban J connectivity index is 2.36. The summed E-state index contributed by atoms with van der Waals surface area (Å²) >= 11 is 1.90. The first-order valence-electron chi connectivity index (χ1n) is 8.12. The van der Waals surface area contributed by atoms with Gasteiger partial charge in [0.2, 0.25) is 0 Å². The van der Waals surface area contributed by atoms with Gasteiger partial charge in [-0.05, 0) is 65.0 Å². The zero-order valence-corrected chi connectivity index (χ0v) is 14.9. The van der Waals surface area contributed by atoms with Gasteiger partial charge < -0.3 is 15.0 Å². The summed E-state index contributed by atoms with van der Waals surface area (Å²) in [6.07, 6.45) is 7.87. The topological polar surface area (TPSA) is 41.6 Å². The van der Waals surface area contributed by atoms with E-state index in [9.17, 15) is 4.79 Å². The second-order valence-electron chi connectivity index (χ2n) is 6.77. The highest BCUT2D eigenvalue weighted by Gasteiger charge is 2.25. The van der Waals surface area contributed by atoms with Gasteiger partial charge in [0.05, 0.1) is 0 Å². The molecule has 124 valence electrons. The molecule has 1 N–H and O–H groups in total. The maximum absolute atomic E-state index is 12.2. The molecule has 0 aliphatic carbocycles. The van der Waals surface area contributed by atoms with Gasteiger partial charge in [-0.15, -0.1) is 0 Å². The SMILES string of the molecule is CSCCCCNC1CCCCN(C(=O)OC(C)(C)C)C1. The van der Waals surface area contributed by atoms with Crippen molar-refractivity contribution in [3.05, 3.63) is 0 Å². The summed E-state index contributed by atoms with van der Waals surface area (Å²) in [6, 6.07) is 0.411. The summed E-state index contributed by atoms with van der Waals surface area (Å²) in [4.78, 5) is 14.1. The molecule has 0 aromatic rings. The van der Waals surface area contributed by atoms with E-state index in [0.717, 1.165) is 32.5 Å². The molecule has 0 spiro atoms. The zero-order chi connectivity index (χ0) is 15.7. The van der Waals surface area contributed by atoms with Crippen LogP contribution < -0.4 is 5.32 Å². The molecule has 4 nitrogen and oxygen atoms in total. The van der Waals surface area contributed by atoms with Gasteiger partial charge in [-0.2, -0.15) is 11.8 Å². The molecule has 0 bridgehead atoms. The Bertz CT molecular complexity index is 305. The minimum Gasteiger partial charge on any atom is -0.444 e. The van der Waals surface area contributed by atoms with E-state index in [1.165, 1.54) is 25.0 Å². The van der Waals surface area contributed by atoms with Crippen LogP contribution in [0.25, 0.3) is 0 Å². The van der Waals surface area contributed by atoms with Crippen molar-refractivity contribution >= 4 is 17.9 Å². The minimum absolute atomic E-state index is 0.168. The average molecular weight is 317 g/mol. The van der Waals surface area contributed by atoms with Crippen LogP contribution in [0.1, 0.15) is 52.9 Å². The van der Waals surface area contributed by atoms with Crippen LogP contribution in [0.5, 0.6) is 0 Å². The summed E-state index contributed by atoms with van der Waals surface area (Å²) in [5.41, 5.74) is -0.413. The number of ether oxygens (including phenoxy) is 1. The second-order valence-corrected chi connectivity index (χ2v) is 7.76. The van der Waals surface area contributed by atoms with E-state index in [4.69, 9.17) is 4.74 Å². The molecule has 0 aromatic carbocycles. The van der Waals surface area contributed by atoms with E-state index in [1.807, 2.05) is 37.4 Å². The first kappa shape index (κ1) is 18.6. The Labute approximate surface area is 134 Å². The van der Waals surface area contributed by atoms with Crippen LogP contribution in [0.4, 0.5) is 4.79 Å². The molecular weight excluding hydrogens is 284 g/mol. The molecule has 1 unspecified atom stereocenters. The van der Waals surface area contributed by atoms with E-state index in [0.29, 0.717) is 6.04 Å².